The molecule has 2 rings (SSSR count). The standard InChI is InChI=1S/C13H19N3O/c14-12(10-4-5-10)9-16-13(17)7-6-11-3-1-2-8-15-11/h1-3,8,10,12H,4-7,9,14H2,(H,16,17). The Morgan fingerprint density at radius 3 is 3.00 bits per heavy atom. The zero-order valence-electron chi connectivity index (χ0n) is 9.93. The van der Waals surface area contributed by atoms with Crippen molar-refractivity contribution in [1.29, 1.82) is 0 Å². The molecule has 1 fully saturated rings. The lowest BCUT2D eigenvalue weighted by Gasteiger charge is -2.11. The largest absolute Gasteiger partial charge is 0.355 e. The minimum Gasteiger partial charge on any atom is -0.355 e. The number of nitrogens with two attached hydrogens (primary N) is 1. The molecular weight excluding hydrogens is 214 g/mol. The molecule has 3 N–H and O–H groups in total. The molecule has 1 aliphatic rings. The normalized spacial score (nSPS) is 16.5. The van der Waals surface area contributed by atoms with Crippen molar-refractivity contribution in [2.24, 2.45) is 11.7 Å². The summed E-state index contributed by atoms with van der Waals surface area (Å²) >= 11 is 0. The van der Waals surface area contributed by atoms with Crippen molar-refractivity contribution in [3.63, 3.8) is 0 Å². The van der Waals surface area contributed by atoms with E-state index in [-0.39, 0.29) is 11.9 Å². The Bertz CT molecular complexity index is 362. The first-order valence-corrected chi connectivity index (χ1v) is 6.18. The van der Waals surface area contributed by atoms with Gasteiger partial charge >= 0.3 is 0 Å². The third-order valence-corrected chi connectivity index (χ3v) is 3.10. The number of hydrogen-bond acceptors (Lipinski definition) is 3. The summed E-state index contributed by atoms with van der Waals surface area (Å²) in [5.74, 6) is 0.692. The highest BCUT2D eigenvalue weighted by atomic mass is 16.1. The Hall–Kier alpha value is -1.42. The molecule has 0 spiro atoms. The Morgan fingerprint density at radius 1 is 1.53 bits per heavy atom. The molecule has 1 aromatic rings. The minimum atomic E-state index is 0.0618. The zero-order chi connectivity index (χ0) is 12.1. The molecule has 1 aliphatic carbocycles. The van der Waals surface area contributed by atoms with Crippen LogP contribution in [0.25, 0.3) is 0 Å². The Labute approximate surface area is 102 Å². The molecule has 0 bridgehead atoms. The first kappa shape index (κ1) is 12.0. The summed E-state index contributed by atoms with van der Waals surface area (Å²) in [6, 6.07) is 5.87. The molecule has 17 heavy (non-hydrogen) atoms. The average Bonchev–Trinajstić information content (AvgIpc) is 3.19. The number of pyridine rings is 1. The third-order valence-electron chi connectivity index (χ3n) is 3.10. The summed E-state index contributed by atoms with van der Waals surface area (Å²) < 4.78 is 0. The van der Waals surface area contributed by atoms with Crippen LogP contribution in [0.3, 0.4) is 0 Å². The molecule has 1 aromatic heterocycles. The molecule has 1 heterocycles. The molecule has 4 heteroatoms. The van der Waals surface area contributed by atoms with E-state index < -0.39 is 0 Å². The van der Waals surface area contributed by atoms with Crippen molar-refractivity contribution in [3.05, 3.63) is 30.1 Å². The third kappa shape index (κ3) is 4.15. The Morgan fingerprint density at radius 2 is 2.35 bits per heavy atom. The highest BCUT2D eigenvalue weighted by molar-refractivity contribution is 5.76. The molecule has 0 radical (unpaired) electrons. The molecule has 1 unspecified atom stereocenters. The highest BCUT2D eigenvalue weighted by Gasteiger charge is 2.28. The van der Waals surface area contributed by atoms with Gasteiger partial charge in [0.15, 0.2) is 0 Å². The van der Waals surface area contributed by atoms with Gasteiger partial charge in [0.05, 0.1) is 0 Å². The monoisotopic (exact) mass is 233 g/mol. The molecule has 1 amide bonds. The number of aryl methyl sites for hydroxylation is 1. The highest BCUT2D eigenvalue weighted by Crippen LogP contribution is 2.31. The fourth-order valence-corrected chi connectivity index (χ4v) is 1.80. The van der Waals surface area contributed by atoms with Gasteiger partial charge in [-0.25, -0.2) is 0 Å². The van der Waals surface area contributed by atoms with Gasteiger partial charge in [-0.3, -0.25) is 9.78 Å². The second-order valence-corrected chi connectivity index (χ2v) is 4.63. The number of nitrogens with zero attached hydrogens (tertiary/aromatic N) is 1. The number of carbonyl (C=O) groups excluding carboxylic acids is 1. The van der Waals surface area contributed by atoms with Gasteiger partial charge in [-0.15, -0.1) is 0 Å². The van der Waals surface area contributed by atoms with Gasteiger partial charge in [0.1, 0.15) is 0 Å². The van der Waals surface area contributed by atoms with E-state index in [1.54, 1.807) is 6.20 Å². The van der Waals surface area contributed by atoms with Crippen molar-refractivity contribution in [2.45, 2.75) is 31.7 Å². The van der Waals surface area contributed by atoms with Gasteiger partial charge in [0.25, 0.3) is 0 Å². The van der Waals surface area contributed by atoms with Crippen LogP contribution >= 0.6 is 0 Å². The van der Waals surface area contributed by atoms with E-state index >= 15 is 0 Å². The van der Waals surface area contributed by atoms with Gasteiger partial charge in [-0.05, 0) is 37.3 Å². The maximum atomic E-state index is 11.6. The first-order chi connectivity index (χ1) is 8.25. The lowest BCUT2D eigenvalue weighted by Crippen LogP contribution is -2.38. The van der Waals surface area contributed by atoms with E-state index in [0.29, 0.717) is 25.3 Å². The van der Waals surface area contributed by atoms with Gasteiger partial charge in [0.2, 0.25) is 5.91 Å². The molecule has 92 valence electrons. The van der Waals surface area contributed by atoms with Crippen LogP contribution in [0.15, 0.2) is 24.4 Å². The first-order valence-electron chi connectivity index (χ1n) is 6.18. The molecule has 1 saturated carbocycles. The summed E-state index contributed by atoms with van der Waals surface area (Å²) in [6.45, 7) is 0.603. The summed E-state index contributed by atoms with van der Waals surface area (Å²) in [5, 5.41) is 2.88. The lowest BCUT2D eigenvalue weighted by atomic mass is 10.2. The summed E-state index contributed by atoms with van der Waals surface area (Å²) in [7, 11) is 0. The van der Waals surface area contributed by atoms with Crippen molar-refractivity contribution < 1.29 is 4.79 Å². The predicted octanol–water partition coefficient (Wildman–Crippen LogP) is 0.868. The lowest BCUT2D eigenvalue weighted by molar-refractivity contribution is -0.121. The van der Waals surface area contributed by atoms with Gasteiger partial charge in [-0.1, -0.05) is 6.07 Å². The Balaban J connectivity index is 1.63. The van der Waals surface area contributed by atoms with Crippen LogP contribution in [0.1, 0.15) is 25.0 Å². The summed E-state index contributed by atoms with van der Waals surface area (Å²) in [6.07, 6.45) is 5.34. The minimum absolute atomic E-state index is 0.0618. The molecule has 0 aliphatic heterocycles. The fraction of sp³-hybridized carbons (Fsp3) is 0.538. The second kappa shape index (κ2) is 5.77. The van der Waals surface area contributed by atoms with E-state index in [9.17, 15) is 4.79 Å². The topological polar surface area (TPSA) is 68.0 Å². The number of hydrogen-bond donors (Lipinski definition) is 2. The number of amides is 1. The smallest absolute Gasteiger partial charge is 0.220 e. The van der Waals surface area contributed by atoms with Crippen LogP contribution < -0.4 is 11.1 Å². The average molecular weight is 233 g/mol. The van der Waals surface area contributed by atoms with E-state index in [1.165, 1.54) is 12.8 Å². The van der Waals surface area contributed by atoms with Crippen LogP contribution in [0.2, 0.25) is 0 Å². The maximum Gasteiger partial charge on any atom is 0.220 e. The number of carbonyl (C=O) groups is 1. The van der Waals surface area contributed by atoms with Crippen molar-refractivity contribution in [3.8, 4) is 0 Å². The van der Waals surface area contributed by atoms with Crippen molar-refractivity contribution in [2.75, 3.05) is 6.54 Å². The van der Waals surface area contributed by atoms with Crippen LogP contribution in [0.5, 0.6) is 0 Å². The molecule has 1 atom stereocenters. The van der Waals surface area contributed by atoms with E-state index in [0.717, 1.165) is 5.69 Å². The quantitative estimate of drug-likeness (QED) is 0.766. The maximum absolute atomic E-state index is 11.6. The fourth-order valence-electron chi connectivity index (χ4n) is 1.80. The second-order valence-electron chi connectivity index (χ2n) is 4.63. The van der Waals surface area contributed by atoms with E-state index in [4.69, 9.17) is 5.73 Å². The zero-order valence-corrected chi connectivity index (χ0v) is 9.93. The predicted molar refractivity (Wildman–Crippen MR) is 66.3 cm³/mol. The number of aromatic nitrogens is 1. The summed E-state index contributed by atoms with van der Waals surface area (Å²) in [4.78, 5) is 15.7. The molecule has 4 nitrogen and oxygen atoms in total. The van der Waals surface area contributed by atoms with Gasteiger partial charge in [-0.2, -0.15) is 0 Å². The number of rotatable bonds is 6. The SMILES string of the molecule is NC(CNC(=O)CCc1ccccn1)C1CC1. The van der Waals surface area contributed by atoms with Gasteiger partial charge in [0, 0.05) is 30.9 Å². The van der Waals surface area contributed by atoms with E-state index in [1.807, 2.05) is 18.2 Å². The van der Waals surface area contributed by atoms with Crippen molar-refractivity contribution >= 4 is 5.91 Å². The van der Waals surface area contributed by atoms with Crippen LogP contribution in [0.4, 0.5) is 0 Å². The molecule has 0 aromatic carbocycles. The summed E-state index contributed by atoms with van der Waals surface area (Å²) in [5.41, 5.74) is 6.86. The van der Waals surface area contributed by atoms with Gasteiger partial charge < -0.3 is 11.1 Å². The number of nitrogens with one attached hydrogen (secondary N) is 1. The van der Waals surface area contributed by atoms with Crippen LogP contribution in [0, 0.1) is 5.92 Å². The Kier molecular flexibility index (Phi) is 4.09. The van der Waals surface area contributed by atoms with Crippen molar-refractivity contribution in [1.82, 2.24) is 10.3 Å². The van der Waals surface area contributed by atoms with Crippen LogP contribution in [-0.4, -0.2) is 23.5 Å². The molecule has 0 saturated heterocycles. The van der Waals surface area contributed by atoms with Crippen LogP contribution in [-0.2, 0) is 11.2 Å². The van der Waals surface area contributed by atoms with E-state index in [2.05, 4.69) is 10.3 Å². The molecular formula is C13H19N3O.